The van der Waals surface area contributed by atoms with Crippen molar-refractivity contribution < 1.29 is 23.9 Å². The molecule has 9 nitrogen and oxygen atoms in total. The van der Waals surface area contributed by atoms with E-state index in [-0.39, 0.29) is 35.6 Å². The number of alkyl carbamates (subject to hydrolysis) is 1. The van der Waals surface area contributed by atoms with Crippen LogP contribution in [0.25, 0.3) is 0 Å². The molecule has 5 unspecified atom stereocenters. The maximum atomic E-state index is 14.5. The van der Waals surface area contributed by atoms with Crippen LogP contribution in [0.1, 0.15) is 103 Å². The number of aryl methyl sites for hydroxylation is 1. The van der Waals surface area contributed by atoms with Crippen molar-refractivity contribution in [1.82, 2.24) is 15.1 Å². The number of hydrogen-bond donors (Lipinski definition) is 2. The van der Waals surface area contributed by atoms with Crippen LogP contribution in [-0.4, -0.2) is 71.1 Å². The zero-order valence-corrected chi connectivity index (χ0v) is 29.0. The molecule has 3 fully saturated rings. The molecule has 5 rings (SSSR count). The van der Waals surface area contributed by atoms with E-state index in [9.17, 15) is 14.4 Å². The summed E-state index contributed by atoms with van der Waals surface area (Å²) in [6.07, 6.45) is 8.84. The van der Waals surface area contributed by atoms with Crippen LogP contribution < -0.4 is 5.32 Å². The molecule has 9 heteroatoms. The number of ether oxygens (including phenoxy) is 2. The summed E-state index contributed by atoms with van der Waals surface area (Å²) in [5.74, 6) is 1.20. The molecule has 0 aromatic heterocycles. The molecule has 0 spiro atoms. The number of benzene rings is 1. The van der Waals surface area contributed by atoms with Crippen LogP contribution in [0.5, 0.6) is 0 Å². The number of hydrogen-bond acceptors (Lipinski definition) is 6. The molecule has 0 radical (unpaired) electrons. The number of carbonyl (C=O) groups is 3. The van der Waals surface area contributed by atoms with Gasteiger partial charge in [-0.2, -0.15) is 0 Å². The first-order valence-electron chi connectivity index (χ1n) is 17.6. The lowest BCUT2D eigenvalue weighted by atomic mass is 9.70. The van der Waals surface area contributed by atoms with Crippen LogP contribution in [0, 0.1) is 35.0 Å². The molecule has 1 heterocycles. The van der Waals surface area contributed by atoms with Gasteiger partial charge in [0.2, 0.25) is 5.91 Å². The average molecular weight is 637 g/mol. The fourth-order valence-corrected chi connectivity index (χ4v) is 8.43. The van der Waals surface area contributed by atoms with Gasteiger partial charge >= 0.3 is 12.2 Å². The summed E-state index contributed by atoms with van der Waals surface area (Å²) >= 11 is 0. The number of carbonyl (C=O) groups excluding carboxylic acids is 3. The van der Waals surface area contributed by atoms with Crippen molar-refractivity contribution in [3.05, 3.63) is 34.9 Å². The summed E-state index contributed by atoms with van der Waals surface area (Å²) in [5, 5.41) is 11.5. The highest BCUT2D eigenvalue weighted by Gasteiger charge is 2.50. The van der Waals surface area contributed by atoms with Gasteiger partial charge in [0.1, 0.15) is 17.0 Å². The first-order valence-corrected chi connectivity index (χ1v) is 17.6. The Balaban J connectivity index is 1.34. The molecule has 1 aliphatic heterocycles. The average Bonchev–Trinajstić information content (AvgIpc) is 3.14. The molecule has 1 aromatic rings. The fraction of sp³-hybridized carbons (Fsp3) is 0.730. The van der Waals surface area contributed by atoms with Gasteiger partial charge in [0, 0.05) is 38.0 Å². The van der Waals surface area contributed by atoms with Crippen molar-refractivity contribution in [1.29, 1.82) is 5.41 Å². The Morgan fingerprint density at radius 2 is 1.57 bits per heavy atom. The van der Waals surface area contributed by atoms with Gasteiger partial charge in [-0.05, 0) is 140 Å². The number of amidine groups is 1. The minimum absolute atomic E-state index is 0.0598. The number of amides is 3. The van der Waals surface area contributed by atoms with Crippen molar-refractivity contribution in [2.45, 2.75) is 117 Å². The Kier molecular flexibility index (Phi) is 10.4. The van der Waals surface area contributed by atoms with E-state index in [1.807, 2.05) is 46.4 Å². The summed E-state index contributed by atoms with van der Waals surface area (Å²) in [6.45, 7) is 13.3. The molecule has 5 atom stereocenters. The highest BCUT2D eigenvalue weighted by atomic mass is 16.6. The Labute approximate surface area is 275 Å². The summed E-state index contributed by atoms with van der Waals surface area (Å²) in [4.78, 5) is 43.5. The van der Waals surface area contributed by atoms with Gasteiger partial charge in [-0.15, -0.1) is 0 Å². The predicted molar refractivity (Wildman–Crippen MR) is 179 cm³/mol. The zero-order chi connectivity index (χ0) is 33.2. The SMILES string of the molecule is CC(C)(C)OC(=O)NC(=N)C1CCC2CC(C(=O)N3CCCN(C(=O)OC(C)(C)C)CC3)C(Cc3cccc4c3CCCC4)C2C1. The monoisotopic (exact) mass is 636 g/mol. The van der Waals surface area contributed by atoms with Gasteiger partial charge in [-0.1, -0.05) is 18.2 Å². The Morgan fingerprint density at radius 1 is 0.870 bits per heavy atom. The normalized spacial score (nSPS) is 26.8. The number of nitrogens with one attached hydrogen (secondary N) is 2. The van der Waals surface area contributed by atoms with E-state index in [4.69, 9.17) is 14.9 Å². The third-order valence-electron chi connectivity index (χ3n) is 10.4. The van der Waals surface area contributed by atoms with E-state index in [0.717, 1.165) is 51.4 Å². The topological polar surface area (TPSA) is 112 Å². The van der Waals surface area contributed by atoms with Gasteiger partial charge in [0.25, 0.3) is 0 Å². The lowest BCUT2D eigenvalue weighted by molar-refractivity contribution is -0.136. The third kappa shape index (κ3) is 8.43. The van der Waals surface area contributed by atoms with Crippen molar-refractivity contribution in [3.63, 3.8) is 0 Å². The highest BCUT2D eigenvalue weighted by molar-refractivity contribution is 5.95. The minimum Gasteiger partial charge on any atom is -0.444 e. The summed E-state index contributed by atoms with van der Waals surface area (Å²) in [6, 6.07) is 6.73. The van der Waals surface area contributed by atoms with Gasteiger partial charge < -0.3 is 19.3 Å². The molecule has 2 N–H and O–H groups in total. The molecule has 0 bridgehead atoms. The molecule has 46 heavy (non-hydrogen) atoms. The molecular weight excluding hydrogens is 580 g/mol. The van der Waals surface area contributed by atoms with E-state index in [1.54, 1.807) is 4.90 Å². The molecule has 254 valence electrons. The quantitative estimate of drug-likeness (QED) is 0.281. The van der Waals surface area contributed by atoms with Crippen LogP contribution >= 0.6 is 0 Å². The summed E-state index contributed by atoms with van der Waals surface area (Å²) in [7, 11) is 0. The molecule has 3 amide bonds. The standard InChI is InChI=1S/C37H56N4O5/c1-36(2,3)45-34(43)39-32(38)27-16-15-26-22-31(33(42)40-17-10-18-41(20-19-40)35(44)46-37(4,5)6)30(29(26)23-27)21-25-13-9-12-24-11-7-8-14-28(24)25/h9,12-13,26-27,29-31H,7-8,10-11,14-23H2,1-6H3,(H2,38,39,43). The second kappa shape index (κ2) is 13.9. The van der Waals surface area contributed by atoms with Crippen molar-refractivity contribution >= 4 is 23.9 Å². The summed E-state index contributed by atoms with van der Waals surface area (Å²) < 4.78 is 11.1. The first kappa shape index (κ1) is 34.2. The van der Waals surface area contributed by atoms with Crippen molar-refractivity contribution in [2.75, 3.05) is 26.2 Å². The third-order valence-corrected chi connectivity index (χ3v) is 10.4. The molecule has 1 aromatic carbocycles. The Hall–Kier alpha value is -3.10. The Morgan fingerprint density at radius 3 is 2.30 bits per heavy atom. The second-order valence-corrected chi connectivity index (χ2v) is 16.1. The fourth-order valence-electron chi connectivity index (χ4n) is 8.43. The molecule has 3 aliphatic carbocycles. The Bertz CT molecular complexity index is 1300. The van der Waals surface area contributed by atoms with Gasteiger partial charge in [-0.25, -0.2) is 9.59 Å². The van der Waals surface area contributed by atoms with E-state index < -0.39 is 17.3 Å². The molecular formula is C37H56N4O5. The van der Waals surface area contributed by atoms with Crippen LogP contribution in [-0.2, 0) is 33.5 Å². The largest absolute Gasteiger partial charge is 0.444 e. The van der Waals surface area contributed by atoms with Crippen molar-refractivity contribution in [2.24, 2.45) is 29.6 Å². The van der Waals surface area contributed by atoms with Gasteiger partial charge in [-0.3, -0.25) is 15.5 Å². The zero-order valence-electron chi connectivity index (χ0n) is 29.0. The molecule has 2 saturated carbocycles. The van der Waals surface area contributed by atoms with Crippen LogP contribution in [0.15, 0.2) is 18.2 Å². The lowest BCUT2D eigenvalue weighted by Gasteiger charge is -2.36. The van der Waals surface area contributed by atoms with Crippen LogP contribution in [0.4, 0.5) is 9.59 Å². The first-order chi connectivity index (χ1) is 21.7. The number of nitrogens with zero attached hydrogens (tertiary/aromatic N) is 2. The lowest BCUT2D eigenvalue weighted by Crippen LogP contribution is -2.43. The van der Waals surface area contributed by atoms with Crippen LogP contribution in [0.3, 0.4) is 0 Å². The number of fused-ring (bicyclic) bond motifs is 2. The van der Waals surface area contributed by atoms with E-state index in [2.05, 4.69) is 23.5 Å². The molecule has 1 saturated heterocycles. The van der Waals surface area contributed by atoms with Gasteiger partial charge in [0.15, 0.2) is 0 Å². The predicted octanol–water partition coefficient (Wildman–Crippen LogP) is 6.75. The van der Waals surface area contributed by atoms with E-state index in [1.165, 1.54) is 29.5 Å². The molecule has 4 aliphatic rings. The maximum absolute atomic E-state index is 14.5. The maximum Gasteiger partial charge on any atom is 0.413 e. The van der Waals surface area contributed by atoms with E-state index >= 15 is 0 Å². The van der Waals surface area contributed by atoms with Crippen molar-refractivity contribution in [3.8, 4) is 0 Å². The minimum atomic E-state index is -0.627. The van der Waals surface area contributed by atoms with E-state index in [0.29, 0.717) is 38.0 Å². The second-order valence-electron chi connectivity index (χ2n) is 16.1. The smallest absolute Gasteiger partial charge is 0.413 e. The summed E-state index contributed by atoms with van der Waals surface area (Å²) in [5.41, 5.74) is 3.15. The van der Waals surface area contributed by atoms with Crippen LogP contribution in [0.2, 0.25) is 0 Å². The van der Waals surface area contributed by atoms with Gasteiger partial charge in [0.05, 0.1) is 0 Å². The highest BCUT2D eigenvalue weighted by Crippen LogP contribution is 2.52. The number of rotatable bonds is 4.